The molecule has 1 aliphatic heterocycles. The van der Waals surface area contributed by atoms with Gasteiger partial charge in [-0.05, 0) is 37.3 Å². The van der Waals surface area contributed by atoms with Crippen molar-refractivity contribution in [3.8, 4) is 0 Å². The molecule has 0 radical (unpaired) electrons. The lowest BCUT2D eigenvalue weighted by Gasteiger charge is -2.29. The number of ether oxygens (including phenoxy) is 1. The molecular weight excluding hydrogens is 314 g/mol. The number of nitrogens with zero attached hydrogens (tertiary/aromatic N) is 1. The van der Waals surface area contributed by atoms with Gasteiger partial charge < -0.3 is 15.4 Å². The van der Waals surface area contributed by atoms with Crippen molar-refractivity contribution in [2.45, 2.75) is 45.1 Å². The molecular formula is C20H33N3O2. The zero-order chi connectivity index (χ0) is 18.1. The van der Waals surface area contributed by atoms with E-state index < -0.39 is 0 Å². The van der Waals surface area contributed by atoms with Crippen LogP contribution in [0, 0.1) is 0 Å². The predicted molar refractivity (Wildman–Crippen MR) is 102 cm³/mol. The third-order valence-electron chi connectivity index (χ3n) is 4.79. The van der Waals surface area contributed by atoms with Crippen LogP contribution in [0.3, 0.4) is 0 Å². The Morgan fingerprint density at radius 2 is 1.92 bits per heavy atom. The van der Waals surface area contributed by atoms with Gasteiger partial charge in [-0.2, -0.15) is 0 Å². The lowest BCUT2D eigenvalue weighted by molar-refractivity contribution is 0.0375. The average molecular weight is 348 g/mol. The number of hydrogen-bond acceptors (Lipinski definition) is 3. The van der Waals surface area contributed by atoms with Crippen molar-refractivity contribution in [1.82, 2.24) is 15.5 Å². The van der Waals surface area contributed by atoms with Gasteiger partial charge in [-0.15, -0.1) is 0 Å². The van der Waals surface area contributed by atoms with Crippen molar-refractivity contribution >= 4 is 6.03 Å². The van der Waals surface area contributed by atoms with Gasteiger partial charge in [-0.3, -0.25) is 4.90 Å². The van der Waals surface area contributed by atoms with E-state index in [0.717, 1.165) is 45.7 Å². The van der Waals surface area contributed by atoms with Crippen LogP contribution in [0.1, 0.15) is 39.2 Å². The van der Waals surface area contributed by atoms with Crippen LogP contribution in [0.2, 0.25) is 0 Å². The van der Waals surface area contributed by atoms with Crippen LogP contribution in [-0.2, 0) is 10.2 Å². The van der Waals surface area contributed by atoms with Crippen molar-refractivity contribution in [2.75, 3.05) is 39.4 Å². The molecule has 1 fully saturated rings. The van der Waals surface area contributed by atoms with E-state index in [-0.39, 0.29) is 17.5 Å². The predicted octanol–water partition coefficient (Wildman–Crippen LogP) is 2.76. The van der Waals surface area contributed by atoms with Crippen LogP contribution < -0.4 is 10.6 Å². The number of morpholine rings is 1. The van der Waals surface area contributed by atoms with Crippen LogP contribution >= 0.6 is 0 Å². The third kappa shape index (κ3) is 7.04. The molecule has 0 aromatic heterocycles. The molecule has 2 rings (SSSR count). The minimum Gasteiger partial charge on any atom is -0.379 e. The molecule has 25 heavy (non-hydrogen) atoms. The van der Waals surface area contributed by atoms with Gasteiger partial charge in [-0.25, -0.2) is 4.79 Å². The van der Waals surface area contributed by atoms with Crippen LogP contribution in [0.25, 0.3) is 0 Å². The molecule has 1 atom stereocenters. The van der Waals surface area contributed by atoms with Crippen molar-refractivity contribution in [3.05, 3.63) is 35.9 Å². The van der Waals surface area contributed by atoms with E-state index in [4.69, 9.17) is 4.74 Å². The Hall–Kier alpha value is -1.59. The molecule has 2 N–H and O–H groups in total. The SMILES string of the molecule is CC(CC(C)(C)c1ccccc1)NC(=O)NCCCN1CCOCC1. The molecule has 140 valence electrons. The standard InChI is InChI=1S/C20H33N3O2/c1-17(16-20(2,3)18-8-5-4-6-9-18)22-19(24)21-10-7-11-23-12-14-25-15-13-23/h4-6,8-9,17H,7,10-16H2,1-3H3,(H2,21,22,24). The Kier molecular flexibility index (Phi) is 7.72. The van der Waals surface area contributed by atoms with Gasteiger partial charge in [0.25, 0.3) is 0 Å². The Morgan fingerprint density at radius 1 is 1.24 bits per heavy atom. The van der Waals surface area contributed by atoms with Crippen molar-refractivity contribution in [1.29, 1.82) is 0 Å². The van der Waals surface area contributed by atoms with Crippen molar-refractivity contribution in [2.24, 2.45) is 0 Å². The molecule has 5 nitrogen and oxygen atoms in total. The summed E-state index contributed by atoms with van der Waals surface area (Å²) in [5, 5.41) is 6.03. The van der Waals surface area contributed by atoms with Gasteiger partial charge in [0.2, 0.25) is 0 Å². The third-order valence-corrected chi connectivity index (χ3v) is 4.79. The smallest absolute Gasteiger partial charge is 0.314 e. The number of nitrogens with one attached hydrogen (secondary N) is 2. The number of rotatable bonds is 8. The fourth-order valence-corrected chi connectivity index (χ4v) is 3.43. The van der Waals surface area contributed by atoms with Crippen molar-refractivity contribution in [3.63, 3.8) is 0 Å². The average Bonchev–Trinajstić information content (AvgIpc) is 2.60. The molecule has 5 heteroatoms. The van der Waals surface area contributed by atoms with Crippen LogP contribution in [0.5, 0.6) is 0 Å². The lowest BCUT2D eigenvalue weighted by Crippen LogP contribution is -2.44. The summed E-state index contributed by atoms with van der Waals surface area (Å²) < 4.78 is 5.34. The Morgan fingerprint density at radius 3 is 2.60 bits per heavy atom. The fourth-order valence-electron chi connectivity index (χ4n) is 3.43. The summed E-state index contributed by atoms with van der Waals surface area (Å²) in [6.07, 6.45) is 1.87. The Labute approximate surface area is 152 Å². The first-order chi connectivity index (χ1) is 12.0. The van der Waals surface area contributed by atoms with E-state index in [1.165, 1.54) is 5.56 Å². The second kappa shape index (κ2) is 9.78. The molecule has 1 heterocycles. The minimum atomic E-state index is -0.0710. The molecule has 2 amide bonds. The highest BCUT2D eigenvalue weighted by Crippen LogP contribution is 2.27. The fraction of sp³-hybridized carbons (Fsp3) is 0.650. The first kappa shape index (κ1) is 19.7. The van der Waals surface area contributed by atoms with Crippen LogP contribution in [0.15, 0.2) is 30.3 Å². The molecule has 1 aliphatic rings. The van der Waals surface area contributed by atoms with Gasteiger partial charge in [-0.1, -0.05) is 44.2 Å². The Balaban J connectivity index is 1.64. The van der Waals surface area contributed by atoms with Crippen LogP contribution in [0.4, 0.5) is 4.79 Å². The zero-order valence-electron chi connectivity index (χ0n) is 15.9. The minimum absolute atomic E-state index is 0.0320. The summed E-state index contributed by atoms with van der Waals surface area (Å²) >= 11 is 0. The molecule has 1 aromatic carbocycles. The number of benzene rings is 1. The summed E-state index contributed by atoms with van der Waals surface area (Å²) in [6.45, 7) is 11.9. The molecule has 1 aromatic rings. The summed E-state index contributed by atoms with van der Waals surface area (Å²) in [6, 6.07) is 10.5. The second-order valence-electron chi connectivity index (χ2n) is 7.56. The molecule has 0 bridgehead atoms. The summed E-state index contributed by atoms with van der Waals surface area (Å²) in [5.41, 5.74) is 1.33. The summed E-state index contributed by atoms with van der Waals surface area (Å²) in [7, 11) is 0. The zero-order valence-corrected chi connectivity index (χ0v) is 15.9. The summed E-state index contributed by atoms with van der Waals surface area (Å²) in [5.74, 6) is 0. The van der Waals surface area contributed by atoms with Gasteiger partial charge in [0.05, 0.1) is 13.2 Å². The molecule has 0 aliphatic carbocycles. The summed E-state index contributed by atoms with van der Waals surface area (Å²) in [4.78, 5) is 14.5. The topological polar surface area (TPSA) is 53.6 Å². The van der Waals surface area contributed by atoms with Gasteiger partial charge in [0, 0.05) is 25.7 Å². The van der Waals surface area contributed by atoms with Crippen LogP contribution in [-0.4, -0.2) is 56.4 Å². The lowest BCUT2D eigenvalue weighted by atomic mass is 9.79. The first-order valence-corrected chi connectivity index (χ1v) is 9.37. The number of amides is 2. The van der Waals surface area contributed by atoms with Gasteiger partial charge in [0.1, 0.15) is 0 Å². The maximum atomic E-state index is 12.1. The van der Waals surface area contributed by atoms with Gasteiger partial charge in [0.15, 0.2) is 0 Å². The normalized spacial score (nSPS) is 17.1. The molecule has 1 unspecified atom stereocenters. The molecule has 1 saturated heterocycles. The van der Waals surface area contributed by atoms with Gasteiger partial charge >= 0.3 is 6.03 Å². The highest BCUT2D eigenvalue weighted by atomic mass is 16.5. The van der Waals surface area contributed by atoms with Crippen molar-refractivity contribution < 1.29 is 9.53 Å². The van der Waals surface area contributed by atoms with E-state index in [1.807, 2.05) is 6.07 Å². The number of carbonyl (C=O) groups is 1. The first-order valence-electron chi connectivity index (χ1n) is 9.37. The highest BCUT2D eigenvalue weighted by Gasteiger charge is 2.23. The number of urea groups is 1. The molecule has 0 saturated carbocycles. The quantitative estimate of drug-likeness (QED) is 0.711. The molecule has 0 spiro atoms. The van der Waals surface area contributed by atoms with E-state index in [0.29, 0.717) is 6.54 Å². The maximum absolute atomic E-state index is 12.1. The highest BCUT2D eigenvalue weighted by molar-refractivity contribution is 5.74. The number of carbonyl (C=O) groups excluding carboxylic acids is 1. The van der Waals surface area contributed by atoms with E-state index in [2.05, 4.69) is 60.6 Å². The maximum Gasteiger partial charge on any atom is 0.314 e. The number of hydrogen-bond donors (Lipinski definition) is 2. The second-order valence-corrected chi connectivity index (χ2v) is 7.56. The van der Waals surface area contributed by atoms with E-state index in [9.17, 15) is 4.79 Å². The Bertz CT molecular complexity index is 513. The monoisotopic (exact) mass is 347 g/mol. The van der Waals surface area contributed by atoms with E-state index >= 15 is 0 Å². The largest absolute Gasteiger partial charge is 0.379 e. The van der Waals surface area contributed by atoms with E-state index in [1.54, 1.807) is 0 Å².